The number of nitrogens with two attached hydrogens (primary N) is 4. The summed E-state index contributed by atoms with van der Waals surface area (Å²) in [6.07, 6.45) is 7.74. The van der Waals surface area contributed by atoms with Crippen LogP contribution in [0.15, 0.2) is 46.9 Å². The van der Waals surface area contributed by atoms with Gasteiger partial charge in [-0.25, -0.2) is 9.13 Å². The number of hydrogen-bond acceptors (Lipinski definition) is 7. The van der Waals surface area contributed by atoms with E-state index in [1.165, 1.54) is 0 Å². The molecule has 8 N–H and O–H groups in total. The summed E-state index contributed by atoms with van der Waals surface area (Å²) in [7, 11) is 0. The molecule has 0 radical (unpaired) electrons. The Labute approximate surface area is 240 Å². The van der Waals surface area contributed by atoms with Gasteiger partial charge in [-0.15, -0.1) is 0 Å². The Balaban J connectivity index is -0.000000961. The molecule has 2 rings (SSSR count). The molecule has 9 nitrogen and oxygen atoms in total. The van der Waals surface area contributed by atoms with Crippen molar-refractivity contribution in [2.24, 2.45) is 33.2 Å². The molecular formula is C21H38Cl5N9-4. The van der Waals surface area contributed by atoms with E-state index in [-0.39, 0.29) is 62.0 Å². The van der Waals surface area contributed by atoms with Gasteiger partial charge in [0, 0.05) is 23.9 Å². The number of azo groups is 1. The van der Waals surface area contributed by atoms with Crippen LogP contribution in [0.25, 0.3) is 0 Å². The minimum Gasteiger partial charge on any atom is -1.00 e. The Hall–Kier alpha value is -0.880. The summed E-state index contributed by atoms with van der Waals surface area (Å²) >= 11 is 0. The highest BCUT2D eigenvalue weighted by Crippen LogP contribution is 2.22. The summed E-state index contributed by atoms with van der Waals surface area (Å²) in [5, 5.41) is 9.01. The van der Waals surface area contributed by atoms with Gasteiger partial charge in [0.25, 0.3) is 0 Å². The molecule has 0 fully saturated rings. The van der Waals surface area contributed by atoms with Gasteiger partial charge in [0.15, 0.2) is 0 Å². The number of rotatable bonds is 15. The van der Waals surface area contributed by atoms with Crippen molar-refractivity contribution in [3.8, 4) is 0 Å². The van der Waals surface area contributed by atoms with E-state index in [0.717, 1.165) is 69.2 Å². The number of halogens is 5. The van der Waals surface area contributed by atoms with E-state index in [0.29, 0.717) is 26.2 Å². The van der Waals surface area contributed by atoms with Gasteiger partial charge >= 0.3 is 5.95 Å². The third kappa shape index (κ3) is 14.4. The van der Waals surface area contributed by atoms with E-state index in [1.807, 2.05) is 24.5 Å². The van der Waals surface area contributed by atoms with Crippen LogP contribution >= 0.6 is 0 Å². The Morgan fingerprint density at radius 3 is 1.77 bits per heavy atom. The summed E-state index contributed by atoms with van der Waals surface area (Å²) in [5.41, 5.74) is 24.7. The average molecular weight is 594 g/mol. The van der Waals surface area contributed by atoms with Crippen molar-refractivity contribution in [2.45, 2.75) is 38.8 Å². The zero-order chi connectivity index (χ0) is 21.6. The molecule has 1 heterocycles. The molecule has 0 atom stereocenters. The zero-order valence-corrected chi connectivity index (χ0v) is 23.7. The van der Waals surface area contributed by atoms with Crippen LogP contribution in [0.3, 0.4) is 0 Å². The molecule has 0 aliphatic heterocycles. The lowest BCUT2D eigenvalue weighted by Gasteiger charge is -2.24. The molecule has 206 valence electrons. The van der Waals surface area contributed by atoms with Gasteiger partial charge in [0.2, 0.25) is 0 Å². The number of aryl methyl sites for hydroxylation is 2. The number of benzene rings is 1. The zero-order valence-electron chi connectivity index (χ0n) is 19.9. The summed E-state index contributed by atoms with van der Waals surface area (Å²) in [6.45, 7) is 6.13. The van der Waals surface area contributed by atoms with E-state index in [4.69, 9.17) is 22.9 Å². The van der Waals surface area contributed by atoms with Crippen molar-refractivity contribution in [3.05, 3.63) is 36.7 Å². The van der Waals surface area contributed by atoms with E-state index < -0.39 is 0 Å². The first-order chi connectivity index (χ1) is 14.7. The van der Waals surface area contributed by atoms with Crippen LogP contribution in [0, 0.1) is 0 Å². The van der Waals surface area contributed by atoms with E-state index in [1.54, 1.807) is 0 Å². The molecule has 0 unspecified atom stereocenters. The van der Waals surface area contributed by atoms with Gasteiger partial charge in [-0.05, 0) is 76.1 Å². The second-order valence-corrected chi connectivity index (χ2v) is 7.26. The monoisotopic (exact) mass is 591 g/mol. The highest BCUT2D eigenvalue weighted by Gasteiger charge is 2.16. The number of anilines is 1. The fourth-order valence-corrected chi connectivity index (χ4v) is 3.21. The highest BCUT2D eigenvalue weighted by molar-refractivity contribution is 5.52. The summed E-state index contributed by atoms with van der Waals surface area (Å²) in [4.78, 5) is 2.32. The van der Waals surface area contributed by atoms with Crippen LogP contribution in [0.2, 0.25) is 0 Å². The molecule has 0 aliphatic carbocycles. The Morgan fingerprint density at radius 2 is 1.26 bits per heavy atom. The molecule has 0 amide bonds. The Morgan fingerprint density at radius 1 is 0.714 bits per heavy atom. The molecule has 1 aromatic carbocycles. The van der Waals surface area contributed by atoms with Crippen molar-refractivity contribution in [3.63, 3.8) is 0 Å². The van der Waals surface area contributed by atoms with Crippen LogP contribution in [-0.2, 0) is 13.1 Å². The number of nitrogens with zero attached hydrogens (tertiary/aromatic N) is 5. The average Bonchev–Trinajstić information content (AvgIpc) is 3.16. The van der Waals surface area contributed by atoms with Gasteiger partial charge in [-0.2, -0.15) is 0 Å². The second kappa shape index (κ2) is 24.8. The fraction of sp³-hybridized carbons (Fsp3) is 0.571. The molecule has 0 spiro atoms. The third-order valence-electron chi connectivity index (χ3n) is 4.88. The minimum absolute atomic E-state index is 0. The van der Waals surface area contributed by atoms with Crippen molar-refractivity contribution in [1.29, 1.82) is 0 Å². The van der Waals surface area contributed by atoms with Crippen molar-refractivity contribution >= 4 is 17.3 Å². The van der Waals surface area contributed by atoms with Gasteiger partial charge in [0.05, 0.1) is 25.5 Å². The normalized spacial score (nSPS) is 9.83. The number of aromatic nitrogens is 2. The maximum Gasteiger partial charge on any atom is 0.421 e. The SMILES string of the molecule is NCCCN(CCCN)c1ccc(N=Nc2n(CCCN)cc[n+]2CCCN)cc1.[Cl-].[Cl-].[Cl-].[Cl-].[Cl-]. The standard InChI is InChI=1S/C21H38N9.5ClH/c22-9-1-13-28(14-2-10-23)20-7-5-19(6-8-20)26-27-21-29(15-3-11-24)17-18-30(21)16-4-12-25;;;;;/h5-8,17-18H,1-4,9-16,22-25H2;5*1H/q+1;;;;;/p-5. The maximum absolute atomic E-state index is 5.68. The molecule has 0 aliphatic rings. The number of hydrogen-bond donors (Lipinski definition) is 4. The van der Waals surface area contributed by atoms with Gasteiger partial charge in [-0.3, -0.25) is 0 Å². The van der Waals surface area contributed by atoms with Gasteiger partial charge < -0.3 is 89.9 Å². The van der Waals surface area contributed by atoms with Crippen LogP contribution in [0.4, 0.5) is 17.3 Å². The number of imidazole rings is 1. The minimum atomic E-state index is 0. The first kappa shape index (κ1) is 41.3. The van der Waals surface area contributed by atoms with Crippen molar-refractivity contribution < 1.29 is 66.6 Å². The Bertz CT molecular complexity index is 727. The highest BCUT2D eigenvalue weighted by atomic mass is 35.5. The molecule has 1 aromatic heterocycles. The van der Waals surface area contributed by atoms with E-state index in [9.17, 15) is 0 Å². The smallest absolute Gasteiger partial charge is 0.421 e. The molecular weight excluding hydrogens is 556 g/mol. The lowest BCUT2D eigenvalue weighted by atomic mass is 10.2. The summed E-state index contributed by atoms with van der Waals surface area (Å²) < 4.78 is 4.17. The molecule has 14 heteroatoms. The van der Waals surface area contributed by atoms with E-state index >= 15 is 0 Å². The summed E-state index contributed by atoms with van der Waals surface area (Å²) in [6, 6.07) is 8.15. The Kier molecular flexibility index (Phi) is 29.2. The summed E-state index contributed by atoms with van der Waals surface area (Å²) in [5.74, 6) is 0.813. The topological polar surface area (TPSA) is 141 Å². The molecule has 2 aromatic rings. The molecule has 0 bridgehead atoms. The van der Waals surface area contributed by atoms with Crippen LogP contribution < -0.4 is 94.4 Å². The maximum atomic E-state index is 5.68. The lowest BCUT2D eigenvalue weighted by molar-refractivity contribution is -0.683. The quantitative estimate of drug-likeness (QED) is 0.120. The predicted molar refractivity (Wildman–Crippen MR) is 122 cm³/mol. The van der Waals surface area contributed by atoms with Gasteiger partial charge in [0.1, 0.15) is 5.69 Å². The van der Waals surface area contributed by atoms with E-state index in [2.05, 4.69) is 36.4 Å². The van der Waals surface area contributed by atoms with Crippen LogP contribution in [0.5, 0.6) is 0 Å². The molecule has 35 heavy (non-hydrogen) atoms. The van der Waals surface area contributed by atoms with Gasteiger partial charge in [-0.1, -0.05) is 5.11 Å². The van der Waals surface area contributed by atoms with Crippen molar-refractivity contribution in [2.75, 3.05) is 44.2 Å². The van der Waals surface area contributed by atoms with Crippen LogP contribution in [0.1, 0.15) is 25.7 Å². The fourth-order valence-electron chi connectivity index (χ4n) is 3.21. The van der Waals surface area contributed by atoms with Crippen LogP contribution in [-0.4, -0.2) is 43.8 Å². The molecule has 0 saturated carbocycles. The lowest BCUT2D eigenvalue weighted by Crippen LogP contribution is -3.00. The largest absolute Gasteiger partial charge is 1.00 e. The second-order valence-electron chi connectivity index (χ2n) is 7.26. The third-order valence-corrected chi connectivity index (χ3v) is 4.88. The molecule has 0 saturated heterocycles. The first-order valence-corrected chi connectivity index (χ1v) is 10.9. The predicted octanol–water partition coefficient (Wildman–Crippen LogP) is -13.6. The van der Waals surface area contributed by atoms with Crippen molar-refractivity contribution in [1.82, 2.24) is 4.57 Å². The first-order valence-electron chi connectivity index (χ1n) is 10.9.